The number of hydrogen-bond donors (Lipinski definition) is 0. The first kappa shape index (κ1) is 28.0. The molecule has 2 fully saturated rings. The Morgan fingerprint density at radius 3 is 1.97 bits per heavy atom. The van der Waals surface area contributed by atoms with Gasteiger partial charge < -0.3 is 28.4 Å². The average molecular weight is 540 g/mol. The zero-order valence-corrected chi connectivity index (χ0v) is 22.6. The number of carbonyl (C=O) groups is 3. The van der Waals surface area contributed by atoms with Gasteiger partial charge >= 0.3 is 17.9 Å². The molecule has 0 saturated carbocycles. The van der Waals surface area contributed by atoms with Gasteiger partial charge in [-0.2, -0.15) is 0 Å². The van der Waals surface area contributed by atoms with Crippen molar-refractivity contribution in [1.29, 1.82) is 0 Å². The van der Waals surface area contributed by atoms with Crippen LogP contribution in [0.3, 0.4) is 0 Å². The van der Waals surface area contributed by atoms with E-state index in [2.05, 4.69) is 0 Å². The molecule has 0 aromatic heterocycles. The molecule has 2 bridgehead atoms. The van der Waals surface area contributed by atoms with Crippen molar-refractivity contribution in [2.45, 2.75) is 50.2 Å². The summed E-state index contributed by atoms with van der Waals surface area (Å²) in [6.45, 7) is 1.32. The van der Waals surface area contributed by atoms with Crippen LogP contribution in [0.5, 0.6) is 17.2 Å². The smallest absolute Gasteiger partial charge is 0.338 e. The lowest BCUT2D eigenvalue weighted by molar-refractivity contribution is -0.153. The van der Waals surface area contributed by atoms with Gasteiger partial charge in [0.05, 0.1) is 39.0 Å². The molecule has 3 unspecified atom stereocenters. The zero-order chi connectivity index (χ0) is 28.1. The highest BCUT2D eigenvalue weighted by molar-refractivity contribution is 5.89. The first-order chi connectivity index (χ1) is 18.7. The number of nitrogens with zero attached hydrogens (tertiary/aromatic N) is 1. The standard InChI is InChI=1S/C29H33NO9/c1-17(31)37-26-21-15-20(16-22(30(21)2)27(26)39-29(33)19-9-7-6-8-10-19)38-25(32)12-11-18-13-23(34-3)28(36-5)24(14-18)35-4/h6-14,20-22,26-27H,15-16H2,1-5H3/b12-11+/t20?,21?,22?,26-,27+/m0/s1. The van der Waals surface area contributed by atoms with E-state index in [1.165, 1.54) is 34.3 Å². The Bertz CT molecular complexity index is 1200. The molecule has 0 amide bonds. The van der Waals surface area contributed by atoms with Crippen LogP contribution in [0.25, 0.3) is 6.08 Å². The van der Waals surface area contributed by atoms with Crippen LogP contribution in [-0.4, -0.2) is 81.6 Å². The van der Waals surface area contributed by atoms with Crippen molar-refractivity contribution in [3.05, 3.63) is 59.7 Å². The summed E-state index contributed by atoms with van der Waals surface area (Å²) >= 11 is 0. The van der Waals surface area contributed by atoms with E-state index < -0.39 is 36.2 Å². The summed E-state index contributed by atoms with van der Waals surface area (Å²) in [5.74, 6) is -0.122. The summed E-state index contributed by atoms with van der Waals surface area (Å²) in [4.78, 5) is 39.5. The predicted octanol–water partition coefficient (Wildman–Crippen LogP) is 3.27. The van der Waals surface area contributed by atoms with Crippen molar-refractivity contribution in [2.75, 3.05) is 28.4 Å². The van der Waals surface area contributed by atoms with Crippen molar-refractivity contribution in [2.24, 2.45) is 0 Å². The summed E-state index contributed by atoms with van der Waals surface area (Å²) in [5.41, 5.74) is 1.07. The number of esters is 3. The molecular formula is C29H33NO9. The highest BCUT2D eigenvalue weighted by Crippen LogP contribution is 2.40. The van der Waals surface area contributed by atoms with Gasteiger partial charge in [0.25, 0.3) is 0 Å². The second-order valence-corrected chi connectivity index (χ2v) is 9.43. The van der Waals surface area contributed by atoms with Crippen LogP contribution in [0.2, 0.25) is 0 Å². The molecule has 39 heavy (non-hydrogen) atoms. The summed E-state index contributed by atoms with van der Waals surface area (Å²) in [7, 11) is 6.44. The molecule has 0 aliphatic carbocycles. The minimum Gasteiger partial charge on any atom is -0.493 e. The molecule has 2 aromatic rings. The molecule has 0 radical (unpaired) electrons. The van der Waals surface area contributed by atoms with Crippen molar-refractivity contribution in [3.8, 4) is 17.2 Å². The van der Waals surface area contributed by atoms with Crippen LogP contribution in [0, 0.1) is 0 Å². The number of piperidine rings is 1. The third-order valence-corrected chi connectivity index (χ3v) is 7.07. The molecule has 2 aliphatic rings. The quantitative estimate of drug-likeness (QED) is 0.268. The van der Waals surface area contributed by atoms with Crippen LogP contribution in [-0.2, 0) is 23.8 Å². The van der Waals surface area contributed by atoms with Gasteiger partial charge in [-0.25, -0.2) is 9.59 Å². The molecule has 4 rings (SSSR count). The van der Waals surface area contributed by atoms with E-state index in [1.807, 2.05) is 18.0 Å². The number of fused-ring (bicyclic) bond motifs is 2. The van der Waals surface area contributed by atoms with E-state index >= 15 is 0 Å². The second kappa shape index (κ2) is 12.2. The van der Waals surface area contributed by atoms with Gasteiger partial charge in [0.2, 0.25) is 5.75 Å². The van der Waals surface area contributed by atoms with Crippen molar-refractivity contribution in [1.82, 2.24) is 4.90 Å². The van der Waals surface area contributed by atoms with E-state index in [1.54, 1.807) is 42.5 Å². The minimum absolute atomic E-state index is 0.280. The Morgan fingerprint density at radius 1 is 0.846 bits per heavy atom. The fourth-order valence-corrected chi connectivity index (χ4v) is 5.29. The average Bonchev–Trinajstić information content (AvgIpc) is 3.06. The topological polar surface area (TPSA) is 110 Å². The number of rotatable bonds is 9. The molecule has 0 spiro atoms. The number of hydrogen-bond acceptors (Lipinski definition) is 10. The Balaban J connectivity index is 1.47. The highest BCUT2D eigenvalue weighted by Gasteiger charge is 2.56. The second-order valence-electron chi connectivity index (χ2n) is 9.43. The van der Waals surface area contributed by atoms with Gasteiger partial charge in [-0.3, -0.25) is 9.69 Å². The summed E-state index contributed by atoms with van der Waals surface area (Å²) in [5, 5.41) is 0. The maximum atomic E-state index is 12.8. The van der Waals surface area contributed by atoms with E-state index in [0.717, 1.165) is 0 Å². The normalized spacial score (nSPS) is 24.2. The lowest BCUT2D eigenvalue weighted by atomic mass is 10.00. The van der Waals surface area contributed by atoms with Gasteiger partial charge in [-0.15, -0.1) is 0 Å². The third kappa shape index (κ3) is 6.17. The largest absolute Gasteiger partial charge is 0.493 e. The minimum atomic E-state index is -0.699. The van der Waals surface area contributed by atoms with Gasteiger partial charge in [0, 0.05) is 25.8 Å². The lowest BCUT2D eigenvalue weighted by Gasteiger charge is -2.35. The van der Waals surface area contributed by atoms with Gasteiger partial charge in [-0.1, -0.05) is 18.2 Å². The molecule has 2 saturated heterocycles. The molecular weight excluding hydrogens is 506 g/mol. The molecule has 208 valence electrons. The molecule has 0 N–H and O–H groups in total. The zero-order valence-electron chi connectivity index (χ0n) is 22.6. The summed E-state index contributed by atoms with van der Waals surface area (Å²) in [6.07, 6.45) is 1.94. The Hall–Kier alpha value is -4.05. The molecule has 2 aliphatic heterocycles. The lowest BCUT2D eigenvalue weighted by Crippen LogP contribution is -2.46. The van der Waals surface area contributed by atoms with E-state index in [-0.39, 0.29) is 12.1 Å². The van der Waals surface area contributed by atoms with Crippen molar-refractivity contribution in [3.63, 3.8) is 0 Å². The van der Waals surface area contributed by atoms with Gasteiger partial charge in [0.15, 0.2) is 23.7 Å². The fourth-order valence-electron chi connectivity index (χ4n) is 5.29. The van der Waals surface area contributed by atoms with Crippen LogP contribution in [0.1, 0.15) is 35.7 Å². The van der Waals surface area contributed by atoms with Crippen LogP contribution < -0.4 is 14.2 Å². The Kier molecular flexibility index (Phi) is 8.75. The molecule has 2 heterocycles. The third-order valence-electron chi connectivity index (χ3n) is 7.07. The van der Waals surface area contributed by atoms with E-state index in [0.29, 0.717) is 41.2 Å². The Labute approximate surface area is 227 Å². The van der Waals surface area contributed by atoms with Crippen LogP contribution >= 0.6 is 0 Å². The van der Waals surface area contributed by atoms with Gasteiger partial charge in [-0.05, 0) is 43.0 Å². The molecule has 10 heteroatoms. The van der Waals surface area contributed by atoms with Crippen molar-refractivity contribution >= 4 is 24.0 Å². The van der Waals surface area contributed by atoms with Crippen molar-refractivity contribution < 1.29 is 42.8 Å². The summed E-state index contributed by atoms with van der Waals surface area (Å²) < 4.78 is 33.3. The SMILES string of the molecule is COc1cc(/C=C/C(=O)OC2CC3[C@@H](OC(=O)c4ccccc4)[C@@H](OC(C)=O)C(C2)N3C)cc(OC)c1OC. The molecule has 10 nitrogen and oxygen atoms in total. The number of likely N-dealkylation sites (N-methyl/N-ethyl adjacent to an activating group) is 1. The molecule has 2 aromatic carbocycles. The number of ether oxygens (including phenoxy) is 6. The van der Waals surface area contributed by atoms with Crippen LogP contribution in [0.4, 0.5) is 0 Å². The number of carbonyl (C=O) groups excluding carboxylic acids is 3. The maximum absolute atomic E-state index is 12.8. The van der Waals surface area contributed by atoms with E-state index in [4.69, 9.17) is 28.4 Å². The first-order valence-corrected chi connectivity index (χ1v) is 12.6. The predicted molar refractivity (Wildman–Crippen MR) is 141 cm³/mol. The Morgan fingerprint density at radius 2 is 1.44 bits per heavy atom. The summed E-state index contributed by atoms with van der Waals surface area (Å²) in [6, 6.07) is 11.5. The highest BCUT2D eigenvalue weighted by atomic mass is 16.6. The van der Waals surface area contributed by atoms with Crippen LogP contribution in [0.15, 0.2) is 48.5 Å². The number of methoxy groups -OCH3 is 3. The monoisotopic (exact) mass is 539 g/mol. The maximum Gasteiger partial charge on any atom is 0.338 e. The number of benzene rings is 2. The first-order valence-electron chi connectivity index (χ1n) is 12.6. The van der Waals surface area contributed by atoms with Gasteiger partial charge in [0.1, 0.15) is 6.10 Å². The fraction of sp³-hybridized carbons (Fsp3) is 0.414. The van der Waals surface area contributed by atoms with E-state index in [9.17, 15) is 14.4 Å². The molecule has 5 atom stereocenters.